The summed E-state index contributed by atoms with van der Waals surface area (Å²) in [5, 5.41) is 0. The van der Waals surface area contributed by atoms with Crippen LogP contribution in [0, 0.1) is 5.92 Å². The highest BCUT2D eigenvalue weighted by Gasteiger charge is 2.33. The van der Waals surface area contributed by atoms with E-state index in [-0.39, 0.29) is 6.04 Å². The Balaban J connectivity index is 1.96. The summed E-state index contributed by atoms with van der Waals surface area (Å²) in [5.74, 6) is 0.549. The van der Waals surface area contributed by atoms with Crippen LogP contribution in [0.5, 0.6) is 0 Å². The van der Waals surface area contributed by atoms with Crippen LogP contribution in [-0.4, -0.2) is 20.2 Å². The van der Waals surface area contributed by atoms with Crippen LogP contribution in [0.2, 0.25) is 0 Å². The second-order valence-electron chi connectivity index (χ2n) is 4.71. The van der Waals surface area contributed by atoms with Crippen molar-refractivity contribution in [2.45, 2.75) is 30.2 Å². The third-order valence-corrected chi connectivity index (χ3v) is 4.74. The van der Waals surface area contributed by atoms with E-state index in [0.29, 0.717) is 22.9 Å². The van der Waals surface area contributed by atoms with Crippen LogP contribution < -0.4 is 5.73 Å². The van der Waals surface area contributed by atoms with Crippen molar-refractivity contribution in [2.24, 2.45) is 16.0 Å². The summed E-state index contributed by atoms with van der Waals surface area (Å²) in [5.41, 5.74) is 7.38. The molecule has 1 aliphatic carbocycles. The molecule has 4 nitrogen and oxygen atoms in total. The number of nitrogens with two attached hydrogens (primary N) is 1. The average molecular weight is 250 g/mol. The van der Waals surface area contributed by atoms with Crippen molar-refractivity contribution < 1.29 is 8.42 Å². The van der Waals surface area contributed by atoms with E-state index in [2.05, 4.69) is 4.40 Å². The van der Waals surface area contributed by atoms with Gasteiger partial charge >= 0.3 is 0 Å². The van der Waals surface area contributed by atoms with Crippen molar-refractivity contribution in [3.8, 4) is 0 Å². The zero-order valence-corrected chi connectivity index (χ0v) is 10.2. The number of nitrogens with zero attached hydrogens (tertiary/aromatic N) is 1. The van der Waals surface area contributed by atoms with Crippen LogP contribution >= 0.6 is 0 Å². The molecule has 0 bridgehead atoms. The van der Waals surface area contributed by atoms with Gasteiger partial charge in [0.15, 0.2) is 0 Å². The largest absolute Gasteiger partial charge is 0.327 e. The number of hydrogen-bond acceptors (Lipinski definition) is 3. The van der Waals surface area contributed by atoms with Crippen LogP contribution in [-0.2, 0) is 10.0 Å². The predicted octanol–water partition coefficient (Wildman–Crippen LogP) is 1.31. The summed E-state index contributed by atoms with van der Waals surface area (Å²) in [7, 11) is -3.47. The van der Waals surface area contributed by atoms with Gasteiger partial charge in [0.05, 0.1) is 10.6 Å². The molecule has 2 N–H and O–H groups in total. The van der Waals surface area contributed by atoms with Crippen molar-refractivity contribution in [3.63, 3.8) is 0 Å². The van der Waals surface area contributed by atoms with Crippen molar-refractivity contribution in [2.75, 3.05) is 0 Å². The molecular weight excluding hydrogens is 236 g/mol. The highest BCUT2D eigenvalue weighted by Crippen LogP contribution is 2.35. The quantitative estimate of drug-likeness (QED) is 0.879. The number of fused-ring (bicyclic) bond motifs is 1. The van der Waals surface area contributed by atoms with Crippen LogP contribution in [0.4, 0.5) is 0 Å². The Morgan fingerprint density at radius 2 is 2.06 bits per heavy atom. The molecule has 0 radical (unpaired) electrons. The lowest BCUT2D eigenvalue weighted by Crippen LogP contribution is -2.25. The molecular formula is C12H14N2O2S. The first-order chi connectivity index (χ1) is 8.08. The lowest BCUT2D eigenvalue weighted by atomic mass is 10.0. The Morgan fingerprint density at radius 1 is 1.35 bits per heavy atom. The molecule has 1 fully saturated rings. The number of sulfonamides is 1. The van der Waals surface area contributed by atoms with Gasteiger partial charge in [0.1, 0.15) is 0 Å². The number of rotatable bonds is 3. The first-order valence-corrected chi connectivity index (χ1v) is 7.21. The van der Waals surface area contributed by atoms with Gasteiger partial charge in [-0.2, -0.15) is 12.8 Å². The minimum absolute atomic E-state index is 0.0371. The summed E-state index contributed by atoms with van der Waals surface area (Å²) in [6, 6.07) is 6.99. The molecule has 1 atom stereocenters. The fourth-order valence-corrected chi connectivity index (χ4v) is 3.51. The second-order valence-corrected chi connectivity index (χ2v) is 6.29. The normalized spacial score (nSPS) is 23.0. The third-order valence-electron chi connectivity index (χ3n) is 3.36. The maximum atomic E-state index is 11.8. The summed E-state index contributed by atoms with van der Waals surface area (Å²) >= 11 is 0. The van der Waals surface area contributed by atoms with Crippen molar-refractivity contribution in [1.82, 2.24) is 0 Å². The summed E-state index contributed by atoms with van der Waals surface area (Å²) in [6.45, 7) is 0. The van der Waals surface area contributed by atoms with E-state index in [1.54, 1.807) is 18.2 Å². The monoisotopic (exact) mass is 250 g/mol. The van der Waals surface area contributed by atoms with Crippen molar-refractivity contribution in [1.29, 1.82) is 0 Å². The van der Waals surface area contributed by atoms with E-state index < -0.39 is 10.0 Å². The molecule has 0 aromatic heterocycles. The molecule has 0 saturated heterocycles. The zero-order chi connectivity index (χ0) is 12.0. The van der Waals surface area contributed by atoms with Gasteiger partial charge in [0.25, 0.3) is 10.0 Å². The van der Waals surface area contributed by atoms with Gasteiger partial charge < -0.3 is 5.73 Å². The summed E-state index contributed by atoms with van der Waals surface area (Å²) < 4.78 is 27.5. The molecule has 5 heteroatoms. The van der Waals surface area contributed by atoms with Crippen LogP contribution in [0.15, 0.2) is 33.6 Å². The fraction of sp³-hybridized carbons (Fsp3) is 0.417. The molecule has 17 heavy (non-hydrogen) atoms. The molecule has 1 aromatic carbocycles. The Morgan fingerprint density at radius 3 is 2.76 bits per heavy atom. The molecule has 90 valence electrons. The number of benzene rings is 1. The molecule has 1 saturated carbocycles. The Kier molecular flexibility index (Phi) is 2.34. The van der Waals surface area contributed by atoms with E-state index in [4.69, 9.17) is 5.73 Å². The van der Waals surface area contributed by atoms with Gasteiger partial charge in [-0.05, 0) is 24.8 Å². The minimum Gasteiger partial charge on any atom is -0.327 e. The van der Waals surface area contributed by atoms with Crippen LogP contribution in [0.25, 0.3) is 0 Å². The molecule has 0 spiro atoms. The molecule has 0 amide bonds. The predicted molar refractivity (Wildman–Crippen MR) is 65.5 cm³/mol. The molecule has 1 aromatic rings. The SMILES string of the molecule is NC(CC1=NS(=O)(=O)c2ccccc21)C1CC1. The van der Waals surface area contributed by atoms with Crippen LogP contribution in [0.1, 0.15) is 24.8 Å². The van der Waals surface area contributed by atoms with Gasteiger partial charge in [0, 0.05) is 18.0 Å². The van der Waals surface area contributed by atoms with Gasteiger partial charge in [-0.3, -0.25) is 0 Å². The lowest BCUT2D eigenvalue weighted by Gasteiger charge is -2.09. The second kappa shape index (κ2) is 3.65. The number of hydrogen-bond donors (Lipinski definition) is 1. The van der Waals surface area contributed by atoms with Gasteiger partial charge in [-0.15, -0.1) is 0 Å². The fourth-order valence-electron chi connectivity index (χ4n) is 2.23. The minimum atomic E-state index is -3.47. The highest BCUT2D eigenvalue weighted by atomic mass is 32.2. The van der Waals surface area contributed by atoms with Crippen molar-refractivity contribution in [3.05, 3.63) is 29.8 Å². The smallest absolute Gasteiger partial charge is 0.283 e. The van der Waals surface area contributed by atoms with Gasteiger partial charge in [0.2, 0.25) is 0 Å². The van der Waals surface area contributed by atoms with E-state index in [9.17, 15) is 8.42 Å². The van der Waals surface area contributed by atoms with E-state index in [1.165, 1.54) is 0 Å². The van der Waals surface area contributed by atoms with E-state index in [1.807, 2.05) is 6.07 Å². The van der Waals surface area contributed by atoms with Crippen molar-refractivity contribution >= 4 is 15.7 Å². The highest BCUT2D eigenvalue weighted by molar-refractivity contribution is 7.90. The topological polar surface area (TPSA) is 72.5 Å². The molecule has 1 aliphatic heterocycles. The molecule has 1 unspecified atom stereocenters. The standard InChI is InChI=1S/C12H14N2O2S/c13-10(8-5-6-8)7-11-9-3-1-2-4-12(9)17(15,16)14-11/h1-4,8,10H,5-7,13H2. The summed E-state index contributed by atoms with van der Waals surface area (Å²) in [6.07, 6.45) is 2.87. The molecule has 3 rings (SSSR count). The molecule has 1 heterocycles. The maximum Gasteiger partial charge on any atom is 0.283 e. The Hall–Kier alpha value is -1.20. The Bertz CT molecular complexity index is 588. The maximum absolute atomic E-state index is 11.8. The van der Waals surface area contributed by atoms with Gasteiger partial charge in [-0.25, -0.2) is 0 Å². The first-order valence-electron chi connectivity index (χ1n) is 5.77. The average Bonchev–Trinajstić information content (AvgIpc) is 3.08. The molecule has 2 aliphatic rings. The zero-order valence-electron chi connectivity index (χ0n) is 9.33. The Labute approximate surface area is 101 Å². The first kappa shape index (κ1) is 10.9. The third kappa shape index (κ3) is 1.89. The van der Waals surface area contributed by atoms with E-state index in [0.717, 1.165) is 18.4 Å². The lowest BCUT2D eigenvalue weighted by molar-refractivity contribution is 0.599. The van der Waals surface area contributed by atoms with Gasteiger partial charge in [-0.1, -0.05) is 18.2 Å². The summed E-state index contributed by atoms with van der Waals surface area (Å²) in [4.78, 5) is 0.318. The van der Waals surface area contributed by atoms with E-state index >= 15 is 0 Å². The van der Waals surface area contributed by atoms with Crippen LogP contribution in [0.3, 0.4) is 0 Å².